The molecule has 1 aromatic heterocycles. The van der Waals surface area contributed by atoms with Gasteiger partial charge in [-0.3, -0.25) is 0 Å². The molecule has 0 fully saturated rings. The summed E-state index contributed by atoms with van der Waals surface area (Å²) < 4.78 is 38.6. The minimum atomic E-state index is -4.69. The van der Waals surface area contributed by atoms with Crippen LogP contribution in [0.5, 0.6) is 0 Å². The monoisotopic (exact) mass is 423 g/mol. The van der Waals surface area contributed by atoms with E-state index < -0.39 is 18.5 Å². The van der Waals surface area contributed by atoms with Gasteiger partial charge in [0.25, 0.3) is 0 Å². The Morgan fingerprint density at radius 2 is 1.35 bits per heavy atom. The van der Waals surface area contributed by atoms with Crippen molar-refractivity contribution >= 4 is 58.0 Å². The van der Waals surface area contributed by atoms with Gasteiger partial charge in [0, 0.05) is 11.1 Å². The first-order valence-corrected chi connectivity index (χ1v) is 7.68. The van der Waals surface area contributed by atoms with Crippen LogP contribution in [-0.2, 0) is 12.8 Å². The number of hydrogen-bond donors (Lipinski definition) is 1. The lowest BCUT2D eigenvalue weighted by atomic mass is 10.0. The lowest BCUT2D eigenvalue weighted by Crippen LogP contribution is -2.10. The summed E-state index contributed by atoms with van der Waals surface area (Å²) >= 11 is 29.8. The van der Waals surface area contributed by atoms with Crippen LogP contribution in [0, 0.1) is 0 Å². The van der Waals surface area contributed by atoms with Crippen molar-refractivity contribution in [1.29, 1.82) is 0 Å². The van der Waals surface area contributed by atoms with E-state index in [9.17, 15) is 18.3 Å². The Labute approximate surface area is 153 Å². The van der Waals surface area contributed by atoms with Crippen molar-refractivity contribution in [3.63, 3.8) is 0 Å². The number of halogens is 8. The summed E-state index contributed by atoms with van der Waals surface area (Å²) in [4.78, 5) is 3.50. The number of aliphatic hydroxyl groups is 1. The Hall–Kier alpha value is -0.430. The molecule has 1 aromatic carbocycles. The Bertz CT molecular complexity index is 750. The summed E-state index contributed by atoms with van der Waals surface area (Å²) in [6, 6.07) is 1.80. The van der Waals surface area contributed by atoms with Crippen molar-refractivity contribution < 1.29 is 18.3 Å². The number of alkyl halides is 3. The molecule has 0 aliphatic rings. The van der Waals surface area contributed by atoms with Crippen molar-refractivity contribution in [3.05, 3.63) is 48.5 Å². The molecule has 1 heterocycles. The highest BCUT2D eigenvalue weighted by Crippen LogP contribution is 2.48. The molecular formula is C13H5Cl5F3NO. The molecule has 0 unspecified atom stereocenters. The van der Waals surface area contributed by atoms with Gasteiger partial charge in [-0.25, -0.2) is 4.98 Å². The van der Waals surface area contributed by atoms with E-state index in [1.165, 1.54) is 0 Å². The van der Waals surface area contributed by atoms with Crippen LogP contribution < -0.4 is 0 Å². The van der Waals surface area contributed by atoms with E-state index in [0.717, 1.165) is 12.1 Å². The number of hydrogen-bond acceptors (Lipinski definition) is 2. The van der Waals surface area contributed by atoms with Crippen LogP contribution in [0.3, 0.4) is 0 Å². The van der Waals surface area contributed by atoms with Crippen LogP contribution in [0.15, 0.2) is 12.1 Å². The van der Waals surface area contributed by atoms with E-state index in [1.807, 2.05) is 0 Å². The predicted molar refractivity (Wildman–Crippen MR) is 85.6 cm³/mol. The van der Waals surface area contributed by atoms with E-state index in [1.54, 1.807) is 0 Å². The van der Waals surface area contributed by atoms with Crippen LogP contribution in [0.1, 0.15) is 11.3 Å². The van der Waals surface area contributed by atoms with Crippen molar-refractivity contribution in [2.24, 2.45) is 0 Å². The molecule has 2 nitrogen and oxygen atoms in total. The van der Waals surface area contributed by atoms with Gasteiger partial charge in [0.1, 0.15) is 5.69 Å². The topological polar surface area (TPSA) is 33.1 Å². The fourth-order valence-corrected chi connectivity index (χ4v) is 3.12. The predicted octanol–water partition coefficient (Wildman–Crippen LogP) is 6.53. The maximum atomic E-state index is 12.9. The maximum absolute atomic E-state index is 12.9. The highest BCUT2D eigenvalue weighted by atomic mass is 35.5. The largest absolute Gasteiger partial charge is 0.433 e. The second kappa shape index (κ2) is 6.82. The van der Waals surface area contributed by atoms with E-state index in [2.05, 4.69) is 4.98 Å². The minimum absolute atomic E-state index is 0.0660. The molecule has 1 N–H and O–H groups in total. The van der Waals surface area contributed by atoms with Gasteiger partial charge in [-0.1, -0.05) is 64.1 Å². The molecule has 2 rings (SSSR count). The molecule has 0 amide bonds. The first-order chi connectivity index (χ1) is 10.6. The molecule has 0 atom stereocenters. The fraction of sp³-hybridized carbons (Fsp3) is 0.154. The van der Waals surface area contributed by atoms with E-state index in [0.29, 0.717) is 0 Å². The lowest BCUT2D eigenvalue weighted by molar-refractivity contribution is -0.141. The zero-order valence-electron chi connectivity index (χ0n) is 10.8. The van der Waals surface area contributed by atoms with Gasteiger partial charge in [0.2, 0.25) is 0 Å². The van der Waals surface area contributed by atoms with Crippen LogP contribution in [-0.4, -0.2) is 10.1 Å². The van der Waals surface area contributed by atoms with Gasteiger partial charge in [-0.2, -0.15) is 13.2 Å². The molecule has 0 saturated heterocycles. The summed E-state index contributed by atoms with van der Waals surface area (Å²) in [5.41, 5.74) is -1.53. The molecule has 0 bridgehead atoms. The lowest BCUT2D eigenvalue weighted by Gasteiger charge is -2.16. The van der Waals surface area contributed by atoms with Crippen LogP contribution >= 0.6 is 58.0 Å². The molecular weight excluding hydrogens is 420 g/mol. The van der Waals surface area contributed by atoms with Crippen molar-refractivity contribution in [2.75, 3.05) is 0 Å². The number of pyridine rings is 1. The van der Waals surface area contributed by atoms with E-state index >= 15 is 0 Å². The Morgan fingerprint density at radius 1 is 0.870 bits per heavy atom. The summed E-state index contributed by atoms with van der Waals surface area (Å²) in [6.45, 7) is -0.592. The van der Waals surface area contributed by atoms with Gasteiger partial charge >= 0.3 is 6.18 Å². The third-order valence-electron chi connectivity index (χ3n) is 2.89. The quantitative estimate of drug-likeness (QED) is 0.439. The standard InChI is InChI=1S/C13H5Cl5F3NO/c14-7-6(8(15)10(17)11(18)9(7)16)12-4(3-23)1-2-5(22-12)13(19,20)21/h1-2,23H,3H2. The summed E-state index contributed by atoms with van der Waals surface area (Å²) in [5, 5.41) is 8.42. The van der Waals surface area contributed by atoms with Gasteiger partial charge in [0.05, 0.1) is 37.4 Å². The Morgan fingerprint density at radius 3 is 1.78 bits per heavy atom. The normalized spacial score (nSPS) is 11.9. The van der Waals surface area contributed by atoms with Gasteiger partial charge in [-0.05, 0) is 6.07 Å². The minimum Gasteiger partial charge on any atom is -0.392 e. The number of aromatic nitrogens is 1. The maximum Gasteiger partial charge on any atom is 0.433 e. The molecule has 0 spiro atoms. The summed E-state index contributed by atoms with van der Waals surface area (Å²) in [7, 11) is 0. The zero-order valence-corrected chi connectivity index (χ0v) is 14.6. The number of aliphatic hydroxyl groups excluding tert-OH is 1. The van der Waals surface area contributed by atoms with Crippen LogP contribution in [0.25, 0.3) is 11.3 Å². The SMILES string of the molecule is OCc1ccc(C(F)(F)F)nc1-c1c(Cl)c(Cl)c(Cl)c(Cl)c1Cl. The van der Waals surface area contributed by atoms with Gasteiger partial charge in [0.15, 0.2) is 0 Å². The molecule has 0 aliphatic heterocycles. The average molecular weight is 425 g/mol. The molecule has 10 heteroatoms. The average Bonchev–Trinajstić information content (AvgIpc) is 2.50. The van der Waals surface area contributed by atoms with Crippen molar-refractivity contribution in [2.45, 2.75) is 12.8 Å². The van der Waals surface area contributed by atoms with Gasteiger partial charge in [-0.15, -0.1) is 0 Å². The molecule has 0 aliphatic carbocycles. The molecule has 124 valence electrons. The molecule has 0 saturated carbocycles. The zero-order chi connectivity index (χ0) is 17.5. The highest BCUT2D eigenvalue weighted by molar-refractivity contribution is 6.56. The van der Waals surface area contributed by atoms with Gasteiger partial charge < -0.3 is 5.11 Å². The van der Waals surface area contributed by atoms with Crippen molar-refractivity contribution in [3.8, 4) is 11.3 Å². The van der Waals surface area contributed by atoms with E-state index in [-0.39, 0.29) is 41.9 Å². The number of rotatable bonds is 2. The molecule has 2 aromatic rings. The Kier molecular flexibility index (Phi) is 5.61. The second-order valence-electron chi connectivity index (χ2n) is 4.31. The van der Waals surface area contributed by atoms with Crippen LogP contribution in [0.2, 0.25) is 25.1 Å². The third-order valence-corrected chi connectivity index (χ3v) is 5.16. The fourth-order valence-electron chi connectivity index (χ4n) is 1.80. The van der Waals surface area contributed by atoms with E-state index in [4.69, 9.17) is 58.0 Å². The number of benzene rings is 1. The second-order valence-corrected chi connectivity index (χ2v) is 6.19. The Balaban J connectivity index is 2.86. The van der Waals surface area contributed by atoms with Crippen molar-refractivity contribution in [1.82, 2.24) is 4.98 Å². The summed E-state index contributed by atoms with van der Waals surface area (Å²) in [6.07, 6.45) is -4.69. The summed E-state index contributed by atoms with van der Waals surface area (Å²) in [5.74, 6) is 0. The van der Waals surface area contributed by atoms with Crippen LogP contribution in [0.4, 0.5) is 13.2 Å². The first kappa shape index (κ1) is 18.9. The first-order valence-electron chi connectivity index (χ1n) is 5.79. The third kappa shape index (κ3) is 3.50. The smallest absolute Gasteiger partial charge is 0.392 e. The molecule has 0 radical (unpaired) electrons. The molecule has 23 heavy (non-hydrogen) atoms. The highest BCUT2D eigenvalue weighted by Gasteiger charge is 2.34. The number of nitrogens with zero attached hydrogens (tertiary/aromatic N) is 1.